The summed E-state index contributed by atoms with van der Waals surface area (Å²) in [4.78, 5) is 12.1. The Morgan fingerprint density at radius 2 is 1.76 bits per heavy atom. The molecule has 0 unspecified atom stereocenters. The number of carbonyl (C=O) groups excluding carboxylic acids is 1. The second-order valence-electron chi connectivity index (χ2n) is 4.85. The van der Waals surface area contributed by atoms with E-state index in [2.05, 4.69) is 5.32 Å². The number of benzene rings is 2. The number of furan rings is 1. The van der Waals surface area contributed by atoms with E-state index >= 15 is 0 Å². The SMILES string of the molecule is NCc1ccc(CNC(=O)c2cc3ccccc3o2)cc1. The van der Waals surface area contributed by atoms with Crippen LogP contribution in [0.5, 0.6) is 0 Å². The number of rotatable bonds is 4. The third-order valence-corrected chi connectivity index (χ3v) is 3.36. The average Bonchev–Trinajstić information content (AvgIpc) is 2.97. The van der Waals surface area contributed by atoms with Crippen LogP contribution >= 0.6 is 0 Å². The van der Waals surface area contributed by atoms with Crippen LogP contribution in [0.1, 0.15) is 21.7 Å². The lowest BCUT2D eigenvalue weighted by Gasteiger charge is -2.04. The van der Waals surface area contributed by atoms with Crippen LogP contribution in [0.3, 0.4) is 0 Å². The standard InChI is InChI=1S/C17H16N2O2/c18-10-12-5-7-13(8-6-12)11-19-17(20)16-9-14-3-1-2-4-15(14)21-16/h1-9H,10-11,18H2,(H,19,20). The smallest absolute Gasteiger partial charge is 0.287 e. The first kappa shape index (κ1) is 13.4. The van der Waals surface area contributed by atoms with E-state index in [4.69, 9.17) is 10.2 Å². The number of fused-ring (bicyclic) bond motifs is 1. The molecule has 0 aliphatic carbocycles. The number of carbonyl (C=O) groups is 1. The van der Waals surface area contributed by atoms with Crippen LogP contribution in [-0.4, -0.2) is 5.91 Å². The fraction of sp³-hybridized carbons (Fsp3) is 0.118. The van der Waals surface area contributed by atoms with Crippen LogP contribution in [0.4, 0.5) is 0 Å². The molecule has 1 heterocycles. The van der Waals surface area contributed by atoms with Crippen molar-refractivity contribution in [3.8, 4) is 0 Å². The highest BCUT2D eigenvalue weighted by molar-refractivity contribution is 5.95. The van der Waals surface area contributed by atoms with Gasteiger partial charge in [0.2, 0.25) is 0 Å². The summed E-state index contributed by atoms with van der Waals surface area (Å²) >= 11 is 0. The lowest BCUT2D eigenvalue weighted by atomic mass is 10.1. The lowest BCUT2D eigenvalue weighted by molar-refractivity contribution is 0.0925. The molecule has 0 saturated carbocycles. The van der Waals surface area contributed by atoms with Crippen molar-refractivity contribution in [2.75, 3.05) is 0 Å². The molecule has 0 fully saturated rings. The van der Waals surface area contributed by atoms with Crippen molar-refractivity contribution in [1.82, 2.24) is 5.32 Å². The second-order valence-corrected chi connectivity index (χ2v) is 4.85. The van der Waals surface area contributed by atoms with E-state index < -0.39 is 0 Å². The zero-order chi connectivity index (χ0) is 14.7. The molecule has 0 bridgehead atoms. The molecule has 0 aliphatic rings. The Morgan fingerprint density at radius 3 is 2.48 bits per heavy atom. The Hall–Kier alpha value is -2.59. The third-order valence-electron chi connectivity index (χ3n) is 3.36. The van der Waals surface area contributed by atoms with Gasteiger partial charge in [-0.2, -0.15) is 0 Å². The molecule has 4 nitrogen and oxygen atoms in total. The van der Waals surface area contributed by atoms with E-state index in [1.165, 1.54) is 0 Å². The molecule has 1 amide bonds. The molecule has 21 heavy (non-hydrogen) atoms. The van der Waals surface area contributed by atoms with Crippen molar-refractivity contribution in [3.05, 3.63) is 71.5 Å². The van der Waals surface area contributed by atoms with Gasteiger partial charge in [-0.05, 0) is 23.3 Å². The molecule has 2 aromatic carbocycles. The number of hydrogen-bond donors (Lipinski definition) is 2. The predicted molar refractivity (Wildman–Crippen MR) is 81.7 cm³/mol. The van der Waals surface area contributed by atoms with Gasteiger partial charge in [0.1, 0.15) is 5.58 Å². The van der Waals surface area contributed by atoms with Crippen LogP contribution in [0.15, 0.2) is 59.0 Å². The van der Waals surface area contributed by atoms with Gasteiger partial charge in [0.05, 0.1) is 0 Å². The number of hydrogen-bond acceptors (Lipinski definition) is 3. The maximum atomic E-state index is 12.1. The fourth-order valence-corrected chi connectivity index (χ4v) is 2.16. The van der Waals surface area contributed by atoms with E-state index in [0.717, 1.165) is 22.1 Å². The van der Waals surface area contributed by atoms with Gasteiger partial charge >= 0.3 is 0 Å². The van der Waals surface area contributed by atoms with Crippen molar-refractivity contribution in [2.24, 2.45) is 5.73 Å². The van der Waals surface area contributed by atoms with Gasteiger partial charge in [-0.25, -0.2) is 0 Å². The number of para-hydroxylation sites is 1. The molecule has 0 spiro atoms. The van der Waals surface area contributed by atoms with Gasteiger partial charge in [0, 0.05) is 18.5 Å². The minimum atomic E-state index is -0.214. The topological polar surface area (TPSA) is 68.3 Å². The van der Waals surface area contributed by atoms with Gasteiger partial charge in [0.15, 0.2) is 5.76 Å². The molecule has 0 saturated heterocycles. The molecule has 0 atom stereocenters. The Bertz CT molecular complexity index is 727. The summed E-state index contributed by atoms with van der Waals surface area (Å²) in [5.74, 6) is 0.115. The van der Waals surface area contributed by atoms with E-state index in [9.17, 15) is 4.79 Å². The first-order valence-corrected chi connectivity index (χ1v) is 6.81. The summed E-state index contributed by atoms with van der Waals surface area (Å²) in [6.45, 7) is 0.979. The zero-order valence-electron chi connectivity index (χ0n) is 11.5. The molecule has 1 aromatic heterocycles. The van der Waals surface area contributed by atoms with Gasteiger partial charge < -0.3 is 15.5 Å². The van der Waals surface area contributed by atoms with Crippen LogP contribution in [0, 0.1) is 0 Å². The van der Waals surface area contributed by atoms with Crippen molar-refractivity contribution in [1.29, 1.82) is 0 Å². The molecule has 0 radical (unpaired) electrons. The maximum Gasteiger partial charge on any atom is 0.287 e. The maximum absolute atomic E-state index is 12.1. The van der Waals surface area contributed by atoms with Gasteiger partial charge in [-0.1, -0.05) is 42.5 Å². The highest BCUT2D eigenvalue weighted by Crippen LogP contribution is 2.18. The van der Waals surface area contributed by atoms with Crippen LogP contribution in [0.2, 0.25) is 0 Å². The summed E-state index contributed by atoms with van der Waals surface area (Å²) < 4.78 is 5.53. The normalized spacial score (nSPS) is 10.7. The summed E-state index contributed by atoms with van der Waals surface area (Å²) in [6, 6.07) is 17.2. The van der Waals surface area contributed by atoms with E-state index in [1.54, 1.807) is 6.07 Å². The minimum Gasteiger partial charge on any atom is -0.451 e. The first-order valence-electron chi connectivity index (χ1n) is 6.81. The molecule has 3 rings (SSSR count). The Balaban J connectivity index is 1.68. The van der Waals surface area contributed by atoms with Crippen LogP contribution in [-0.2, 0) is 13.1 Å². The molecular formula is C17H16N2O2. The highest BCUT2D eigenvalue weighted by Gasteiger charge is 2.11. The Morgan fingerprint density at radius 1 is 1.05 bits per heavy atom. The minimum absolute atomic E-state index is 0.214. The van der Waals surface area contributed by atoms with Crippen LogP contribution < -0.4 is 11.1 Å². The number of amides is 1. The molecule has 3 aromatic rings. The molecule has 0 aliphatic heterocycles. The summed E-state index contributed by atoms with van der Waals surface area (Å²) in [5, 5.41) is 3.78. The van der Waals surface area contributed by atoms with Crippen molar-refractivity contribution in [3.63, 3.8) is 0 Å². The Labute approximate surface area is 122 Å². The summed E-state index contributed by atoms with van der Waals surface area (Å²) in [5.41, 5.74) is 8.37. The van der Waals surface area contributed by atoms with Gasteiger partial charge in [0.25, 0.3) is 5.91 Å². The van der Waals surface area contributed by atoms with E-state index in [0.29, 0.717) is 18.8 Å². The fourth-order valence-electron chi connectivity index (χ4n) is 2.16. The summed E-state index contributed by atoms with van der Waals surface area (Å²) in [7, 11) is 0. The third kappa shape index (κ3) is 2.95. The monoisotopic (exact) mass is 280 g/mol. The second kappa shape index (κ2) is 5.81. The molecular weight excluding hydrogens is 264 g/mol. The number of nitrogens with two attached hydrogens (primary N) is 1. The van der Waals surface area contributed by atoms with Crippen molar-refractivity contribution >= 4 is 16.9 Å². The largest absolute Gasteiger partial charge is 0.451 e. The van der Waals surface area contributed by atoms with Crippen LogP contribution in [0.25, 0.3) is 11.0 Å². The predicted octanol–water partition coefficient (Wildman–Crippen LogP) is 2.82. The van der Waals surface area contributed by atoms with E-state index in [-0.39, 0.29) is 5.91 Å². The van der Waals surface area contributed by atoms with Crippen molar-refractivity contribution in [2.45, 2.75) is 13.1 Å². The lowest BCUT2D eigenvalue weighted by Crippen LogP contribution is -2.22. The average molecular weight is 280 g/mol. The molecule has 3 N–H and O–H groups in total. The molecule has 4 heteroatoms. The quantitative estimate of drug-likeness (QED) is 0.772. The first-order chi connectivity index (χ1) is 10.3. The highest BCUT2D eigenvalue weighted by atomic mass is 16.3. The number of nitrogens with one attached hydrogen (secondary N) is 1. The van der Waals surface area contributed by atoms with E-state index in [1.807, 2.05) is 48.5 Å². The Kier molecular flexibility index (Phi) is 3.71. The van der Waals surface area contributed by atoms with Gasteiger partial charge in [-0.3, -0.25) is 4.79 Å². The van der Waals surface area contributed by atoms with Gasteiger partial charge in [-0.15, -0.1) is 0 Å². The zero-order valence-corrected chi connectivity index (χ0v) is 11.5. The summed E-state index contributed by atoms with van der Waals surface area (Å²) in [6.07, 6.45) is 0. The molecule has 106 valence electrons. The van der Waals surface area contributed by atoms with Crippen molar-refractivity contribution < 1.29 is 9.21 Å².